The Hall–Kier alpha value is -0.490. The van der Waals surface area contributed by atoms with E-state index >= 15 is 0 Å². The third kappa shape index (κ3) is 6.47. The molecule has 0 fully saturated rings. The number of sulfonamides is 1. The Morgan fingerprint density at radius 2 is 2.05 bits per heavy atom. The van der Waals surface area contributed by atoms with Crippen molar-refractivity contribution in [1.29, 1.82) is 0 Å². The van der Waals surface area contributed by atoms with Crippen molar-refractivity contribution >= 4 is 33.2 Å². The maximum Gasteiger partial charge on any atom is 0.209 e. The Balaban J connectivity index is 2.65. The van der Waals surface area contributed by atoms with Gasteiger partial charge in [0.15, 0.2) is 0 Å². The van der Waals surface area contributed by atoms with E-state index in [1.165, 1.54) is 0 Å². The van der Waals surface area contributed by atoms with Crippen LogP contribution in [0.3, 0.4) is 0 Å². The fraction of sp³-hybridized carbons (Fsp3) is 0.500. The van der Waals surface area contributed by atoms with E-state index in [9.17, 15) is 8.42 Å². The molecule has 0 aliphatic rings. The first-order valence-corrected chi connectivity index (χ1v) is 8.37. The Bertz CT molecular complexity index is 520. The molecule has 0 aromatic heterocycles. The largest absolute Gasteiger partial charge is 0.492 e. The Morgan fingerprint density at radius 1 is 1.37 bits per heavy atom. The van der Waals surface area contributed by atoms with Crippen molar-refractivity contribution in [1.82, 2.24) is 0 Å². The highest BCUT2D eigenvalue weighted by molar-refractivity contribution is 7.89. The number of hydrogen-bond acceptors (Lipinski definition) is 3. The molecule has 0 amide bonds. The summed E-state index contributed by atoms with van der Waals surface area (Å²) < 4.78 is 27.8. The molecule has 19 heavy (non-hydrogen) atoms. The summed E-state index contributed by atoms with van der Waals surface area (Å²) in [6.07, 6.45) is 1.58. The molecule has 1 rings (SSSR count). The van der Waals surface area contributed by atoms with Gasteiger partial charge in [0, 0.05) is 10.9 Å². The second kappa shape index (κ2) is 7.33. The van der Waals surface area contributed by atoms with Crippen molar-refractivity contribution < 1.29 is 13.2 Å². The molecule has 0 aliphatic carbocycles. The molecule has 7 heteroatoms. The molecule has 1 atom stereocenters. The fourth-order valence-electron chi connectivity index (χ4n) is 1.75. The van der Waals surface area contributed by atoms with Crippen LogP contribution in [0.15, 0.2) is 18.2 Å². The maximum absolute atomic E-state index is 11.1. The summed E-state index contributed by atoms with van der Waals surface area (Å²) in [4.78, 5) is 0. The van der Waals surface area contributed by atoms with Crippen LogP contribution in [-0.2, 0) is 10.0 Å². The van der Waals surface area contributed by atoms with Crippen LogP contribution >= 0.6 is 23.2 Å². The summed E-state index contributed by atoms with van der Waals surface area (Å²) in [5.41, 5.74) is 0. The number of ether oxygens (including phenoxy) is 1. The number of hydrogen-bond donors (Lipinski definition) is 1. The molecule has 0 saturated heterocycles. The van der Waals surface area contributed by atoms with Crippen LogP contribution in [0.1, 0.15) is 19.8 Å². The molecule has 1 aromatic carbocycles. The lowest BCUT2D eigenvalue weighted by molar-refractivity contribution is 0.253. The van der Waals surface area contributed by atoms with Gasteiger partial charge >= 0.3 is 0 Å². The fourth-order valence-corrected chi connectivity index (χ4v) is 3.13. The first-order valence-electron chi connectivity index (χ1n) is 5.90. The molecule has 1 unspecified atom stereocenters. The molecule has 0 bridgehead atoms. The van der Waals surface area contributed by atoms with Gasteiger partial charge in [-0.1, -0.05) is 36.5 Å². The Labute approximate surface area is 123 Å². The van der Waals surface area contributed by atoms with Gasteiger partial charge in [-0.05, 0) is 24.6 Å². The summed E-state index contributed by atoms with van der Waals surface area (Å²) in [6, 6.07) is 4.90. The monoisotopic (exact) mass is 325 g/mol. The van der Waals surface area contributed by atoms with Crippen molar-refractivity contribution in [3.63, 3.8) is 0 Å². The van der Waals surface area contributed by atoms with E-state index < -0.39 is 10.0 Å². The van der Waals surface area contributed by atoms with Crippen LogP contribution in [0.2, 0.25) is 10.0 Å². The van der Waals surface area contributed by atoms with E-state index in [0.717, 1.165) is 12.8 Å². The summed E-state index contributed by atoms with van der Waals surface area (Å²) in [5, 5.41) is 5.98. The molecule has 0 saturated carbocycles. The van der Waals surface area contributed by atoms with Gasteiger partial charge in [-0.15, -0.1) is 0 Å². The predicted molar refractivity (Wildman–Crippen MR) is 78.3 cm³/mol. The van der Waals surface area contributed by atoms with Gasteiger partial charge in [-0.3, -0.25) is 0 Å². The minimum absolute atomic E-state index is 0.0912. The zero-order valence-electron chi connectivity index (χ0n) is 10.6. The van der Waals surface area contributed by atoms with Crippen LogP contribution in [0, 0.1) is 5.92 Å². The molecular weight excluding hydrogens is 309 g/mol. The van der Waals surface area contributed by atoms with Gasteiger partial charge in [0.1, 0.15) is 5.75 Å². The summed E-state index contributed by atoms with van der Waals surface area (Å²) in [6.45, 7) is 2.23. The van der Waals surface area contributed by atoms with Crippen LogP contribution in [0.25, 0.3) is 0 Å². The van der Waals surface area contributed by atoms with E-state index in [2.05, 4.69) is 0 Å². The van der Waals surface area contributed by atoms with Crippen molar-refractivity contribution in [2.24, 2.45) is 11.1 Å². The number of benzene rings is 1. The van der Waals surface area contributed by atoms with E-state index in [1.54, 1.807) is 18.2 Å². The smallest absolute Gasteiger partial charge is 0.209 e. The normalized spacial score (nSPS) is 13.3. The third-order valence-corrected chi connectivity index (χ3v) is 4.00. The standard InChI is InChI=1S/C12H17Cl2NO3S/c1-2-3-9(8-19(15,16)17)7-18-12-5-4-10(13)6-11(12)14/h4-6,9H,2-3,7-8H2,1H3,(H2,15,16,17). The van der Waals surface area contributed by atoms with Crippen LogP contribution in [-0.4, -0.2) is 20.8 Å². The average molecular weight is 326 g/mol. The average Bonchev–Trinajstić information content (AvgIpc) is 2.26. The Morgan fingerprint density at radius 3 is 2.58 bits per heavy atom. The molecule has 2 N–H and O–H groups in total. The molecule has 108 valence electrons. The van der Waals surface area contributed by atoms with Crippen LogP contribution in [0.5, 0.6) is 5.75 Å². The highest BCUT2D eigenvalue weighted by Crippen LogP contribution is 2.28. The number of halogens is 2. The zero-order valence-corrected chi connectivity index (χ0v) is 12.9. The minimum atomic E-state index is -3.50. The minimum Gasteiger partial charge on any atom is -0.492 e. The lowest BCUT2D eigenvalue weighted by atomic mass is 10.1. The second-order valence-corrected chi connectivity index (χ2v) is 6.87. The van der Waals surface area contributed by atoms with Gasteiger partial charge in [0.25, 0.3) is 0 Å². The summed E-state index contributed by atoms with van der Waals surface area (Å²) in [5.74, 6) is 0.250. The van der Waals surface area contributed by atoms with Crippen molar-refractivity contribution in [3.8, 4) is 5.75 Å². The van der Waals surface area contributed by atoms with E-state index in [0.29, 0.717) is 15.8 Å². The predicted octanol–water partition coefficient (Wildman–Crippen LogP) is 3.08. The number of nitrogens with two attached hydrogens (primary N) is 1. The summed E-state index contributed by atoms with van der Waals surface area (Å²) in [7, 11) is -3.50. The van der Waals surface area contributed by atoms with Crippen molar-refractivity contribution in [2.75, 3.05) is 12.4 Å². The SMILES string of the molecule is CCCC(COc1ccc(Cl)cc1Cl)CS(N)(=O)=O. The van der Waals surface area contributed by atoms with Crippen molar-refractivity contribution in [3.05, 3.63) is 28.2 Å². The van der Waals surface area contributed by atoms with Crippen LogP contribution in [0.4, 0.5) is 0 Å². The third-order valence-electron chi connectivity index (χ3n) is 2.53. The van der Waals surface area contributed by atoms with Crippen molar-refractivity contribution in [2.45, 2.75) is 19.8 Å². The second-order valence-electron chi connectivity index (χ2n) is 4.37. The highest BCUT2D eigenvalue weighted by atomic mass is 35.5. The van der Waals surface area contributed by atoms with E-state index in [4.69, 9.17) is 33.1 Å². The molecule has 1 aromatic rings. The summed E-state index contributed by atoms with van der Waals surface area (Å²) >= 11 is 11.8. The molecule has 0 radical (unpaired) electrons. The van der Waals surface area contributed by atoms with Gasteiger partial charge in [-0.2, -0.15) is 0 Å². The zero-order chi connectivity index (χ0) is 14.5. The Kier molecular flexibility index (Phi) is 6.39. The van der Waals surface area contributed by atoms with E-state index in [-0.39, 0.29) is 18.3 Å². The molecule has 4 nitrogen and oxygen atoms in total. The van der Waals surface area contributed by atoms with Gasteiger partial charge in [0.05, 0.1) is 17.4 Å². The first-order chi connectivity index (χ1) is 8.81. The lowest BCUT2D eigenvalue weighted by Crippen LogP contribution is -2.27. The van der Waals surface area contributed by atoms with Crippen LogP contribution < -0.4 is 9.88 Å². The molecule has 0 heterocycles. The topological polar surface area (TPSA) is 69.4 Å². The lowest BCUT2D eigenvalue weighted by Gasteiger charge is -2.16. The number of rotatable bonds is 7. The number of primary sulfonamides is 1. The molecular formula is C12H17Cl2NO3S. The van der Waals surface area contributed by atoms with E-state index in [1.807, 2.05) is 6.92 Å². The molecule has 0 spiro atoms. The maximum atomic E-state index is 11.1. The quantitative estimate of drug-likeness (QED) is 0.837. The highest BCUT2D eigenvalue weighted by Gasteiger charge is 2.16. The molecule has 0 aliphatic heterocycles. The van der Waals surface area contributed by atoms with Gasteiger partial charge in [-0.25, -0.2) is 13.6 Å². The first kappa shape index (κ1) is 16.6. The van der Waals surface area contributed by atoms with Gasteiger partial charge in [0.2, 0.25) is 10.0 Å². The van der Waals surface area contributed by atoms with Gasteiger partial charge < -0.3 is 4.74 Å².